The molecule has 0 saturated heterocycles. The van der Waals surface area contributed by atoms with Crippen molar-refractivity contribution in [3.05, 3.63) is 33.3 Å². The quantitative estimate of drug-likeness (QED) is 0.277. The Morgan fingerprint density at radius 1 is 1.05 bits per heavy atom. The van der Waals surface area contributed by atoms with E-state index in [1.807, 2.05) is 0 Å². The molecule has 0 spiro atoms. The van der Waals surface area contributed by atoms with Crippen LogP contribution in [0, 0.1) is 23.3 Å². The van der Waals surface area contributed by atoms with Gasteiger partial charge >= 0.3 is 11.9 Å². The molecule has 0 fully saturated rings. The van der Waals surface area contributed by atoms with E-state index in [1.165, 1.54) is 0 Å². The predicted octanol–water partition coefficient (Wildman–Crippen LogP) is 3.49. The Balaban J connectivity index is 3.21. The van der Waals surface area contributed by atoms with Crippen LogP contribution in [0.1, 0.15) is 30.1 Å². The summed E-state index contributed by atoms with van der Waals surface area (Å²) in [4.78, 5) is 22.3. The minimum absolute atomic E-state index is 0.170. The Bertz CT molecular complexity index is 516. The molecule has 0 unspecified atom stereocenters. The van der Waals surface area contributed by atoms with Gasteiger partial charge in [-0.2, -0.15) is 0 Å². The SMILES string of the molecule is CCCC(=O)OC(=O)c1c(F)c(F)c(Br)c(F)c1F. The molecular weight excluding hydrogens is 336 g/mol. The summed E-state index contributed by atoms with van der Waals surface area (Å²) in [6.07, 6.45) is 0.163. The van der Waals surface area contributed by atoms with Crippen molar-refractivity contribution in [1.29, 1.82) is 0 Å². The van der Waals surface area contributed by atoms with Crippen molar-refractivity contribution >= 4 is 27.9 Å². The summed E-state index contributed by atoms with van der Waals surface area (Å²) in [5.41, 5.74) is -1.58. The van der Waals surface area contributed by atoms with Gasteiger partial charge < -0.3 is 4.74 Å². The lowest BCUT2D eigenvalue weighted by atomic mass is 10.2. The summed E-state index contributed by atoms with van der Waals surface area (Å²) < 4.78 is 56.0. The van der Waals surface area contributed by atoms with Crippen LogP contribution in [-0.4, -0.2) is 11.9 Å². The highest BCUT2D eigenvalue weighted by molar-refractivity contribution is 9.10. The van der Waals surface area contributed by atoms with Crippen molar-refractivity contribution in [3.63, 3.8) is 0 Å². The summed E-state index contributed by atoms with van der Waals surface area (Å²) in [5.74, 6) is -10.3. The molecule has 104 valence electrons. The Kier molecular flexibility index (Phi) is 5.04. The molecule has 0 aliphatic heterocycles. The zero-order valence-electron chi connectivity index (χ0n) is 9.53. The van der Waals surface area contributed by atoms with Gasteiger partial charge in [-0.1, -0.05) is 6.92 Å². The van der Waals surface area contributed by atoms with Crippen molar-refractivity contribution in [2.24, 2.45) is 0 Å². The van der Waals surface area contributed by atoms with Crippen LogP contribution in [0.15, 0.2) is 4.47 Å². The molecule has 0 aliphatic carbocycles. The average molecular weight is 343 g/mol. The third-order valence-electron chi connectivity index (χ3n) is 2.07. The van der Waals surface area contributed by atoms with Gasteiger partial charge in [0.05, 0.1) is 4.47 Å². The van der Waals surface area contributed by atoms with Crippen LogP contribution in [0.2, 0.25) is 0 Å². The molecule has 19 heavy (non-hydrogen) atoms. The lowest BCUT2D eigenvalue weighted by Gasteiger charge is -2.07. The van der Waals surface area contributed by atoms with E-state index in [2.05, 4.69) is 20.7 Å². The number of rotatable bonds is 3. The standard InChI is InChI=1S/C11H7BrF4O3/c1-2-3-4(17)19-11(18)5-7(13)9(15)6(12)10(16)8(5)14/h2-3H2,1H3. The summed E-state index contributed by atoms with van der Waals surface area (Å²) in [7, 11) is 0. The molecule has 0 atom stereocenters. The molecule has 0 bridgehead atoms. The zero-order chi connectivity index (χ0) is 14.7. The molecule has 1 aromatic rings. The van der Waals surface area contributed by atoms with E-state index in [0.29, 0.717) is 6.42 Å². The van der Waals surface area contributed by atoms with Crippen molar-refractivity contribution in [2.75, 3.05) is 0 Å². The highest BCUT2D eigenvalue weighted by Crippen LogP contribution is 2.28. The third-order valence-corrected chi connectivity index (χ3v) is 2.77. The van der Waals surface area contributed by atoms with Gasteiger partial charge in [-0.3, -0.25) is 4.79 Å². The minimum Gasteiger partial charge on any atom is -0.389 e. The summed E-state index contributed by atoms with van der Waals surface area (Å²) in [6, 6.07) is 0. The van der Waals surface area contributed by atoms with E-state index in [1.54, 1.807) is 6.92 Å². The van der Waals surface area contributed by atoms with E-state index >= 15 is 0 Å². The van der Waals surface area contributed by atoms with Gasteiger partial charge in [-0.25, -0.2) is 22.4 Å². The Labute approximate surface area is 113 Å². The van der Waals surface area contributed by atoms with Crippen LogP contribution in [0.4, 0.5) is 17.6 Å². The van der Waals surface area contributed by atoms with Gasteiger partial charge in [0.2, 0.25) is 0 Å². The first kappa shape index (κ1) is 15.6. The molecular formula is C11H7BrF4O3. The molecule has 0 N–H and O–H groups in total. The van der Waals surface area contributed by atoms with Crippen molar-refractivity contribution in [2.45, 2.75) is 19.8 Å². The minimum atomic E-state index is -1.93. The van der Waals surface area contributed by atoms with Gasteiger partial charge in [0.1, 0.15) is 5.56 Å². The normalized spacial score (nSPS) is 10.4. The molecule has 0 radical (unpaired) electrons. The van der Waals surface area contributed by atoms with Crippen molar-refractivity contribution < 1.29 is 31.9 Å². The maximum absolute atomic E-state index is 13.4. The number of esters is 2. The molecule has 0 heterocycles. The van der Waals surface area contributed by atoms with Gasteiger partial charge in [-0.15, -0.1) is 0 Å². The topological polar surface area (TPSA) is 43.4 Å². The van der Waals surface area contributed by atoms with Gasteiger partial charge in [-0.05, 0) is 22.4 Å². The molecule has 0 saturated carbocycles. The summed E-state index contributed by atoms with van der Waals surface area (Å²) in [6.45, 7) is 1.60. The number of hydrogen-bond donors (Lipinski definition) is 0. The van der Waals surface area contributed by atoms with Gasteiger partial charge in [0.15, 0.2) is 23.3 Å². The lowest BCUT2D eigenvalue weighted by molar-refractivity contribution is -0.138. The Morgan fingerprint density at radius 2 is 1.53 bits per heavy atom. The average Bonchev–Trinajstić information content (AvgIpc) is 2.34. The van der Waals surface area contributed by atoms with Crippen molar-refractivity contribution in [1.82, 2.24) is 0 Å². The number of benzene rings is 1. The number of hydrogen-bond acceptors (Lipinski definition) is 3. The van der Waals surface area contributed by atoms with E-state index in [4.69, 9.17) is 0 Å². The monoisotopic (exact) mass is 342 g/mol. The van der Waals surface area contributed by atoms with Gasteiger partial charge in [0.25, 0.3) is 0 Å². The fourth-order valence-corrected chi connectivity index (χ4v) is 1.54. The molecule has 8 heteroatoms. The second-order valence-electron chi connectivity index (χ2n) is 3.46. The number of halogens is 5. The van der Waals surface area contributed by atoms with Crippen LogP contribution in [0.5, 0.6) is 0 Å². The number of carbonyl (C=O) groups excluding carboxylic acids is 2. The fraction of sp³-hybridized carbons (Fsp3) is 0.273. The van der Waals surface area contributed by atoms with E-state index in [9.17, 15) is 27.2 Å². The second kappa shape index (κ2) is 6.14. The highest BCUT2D eigenvalue weighted by Gasteiger charge is 2.30. The summed E-state index contributed by atoms with van der Waals surface area (Å²) in [5, 5.41) is 0. The second-order valence-corrected chi connectivity index (χ2v) is 4.25. The molecule has 3 nitrogen and oxygen atoms in total. The fourth-order valence-electron chi connectivity index (χ4n) is 1.19. The van der Waals surface area contributed by atoms with Gasteiger partial charge in [0, 0.05) is 6.42 Å². The maximum atomic E-state index is 13.4. The highest BCUT2D eigenvalue weighted by atomic mass is 79.9. The number of ether oxygens (including phenoxy) is 1. The molecule has 0 amide bonds. The molecule has 1 rings (SSSR count). The van der Waals surface area contributed by atoms with Crippen LogP contribution < -0.4 is 0 Å². The van der Waals surface area contributed by atoms with Crippen LogP contribution >= 0.6 is 15.9 Å². The molecule has 0 aromatic heterocycles. The first-order valence-electron chi connectivity index (χ1n) is 5.07. The Hall–Kier alpha value is -1.44. The zero-order valence-corrected chi connectivity index (χ0v) is 11.1. The van der Waals surface area contributed by atoms with Crippen LogP contribution in [0.25, 0.3) is 0 Å². The van der Waals surface area contributed by atoms with E-state index in [0.717, 1.165) is 0 Å². The smallest absolute Gasteiger partial charge is 0.352 e. The number of carbonyl (C=O) groups is 2. The molecule has 0 aliphatic rings. The van der Waals surface area contributed by atoms with Crippen molar-refractivity contribution in [3.8, 4) is 0 Å². The largest absolute Gasteiger partial charge is 0.389 e. The van der Waals surface area contributed by atoms with E-state index in [-0.39, 0.29) is 6.42 Å². The third kappa shape index (κ3) is 3.12. The Morgan fingerprint density at radius 3 is 1.95 bits per heavy atom. The van der Waals surface area contributed by atoms with Crippen LogP contribution in [0.3, 0.4) is 0 Å². The predicted molar refractivity (Wildman–Crippen MR) is 59.3 cm³/mol. The lowest BCUT2D eigenvalue weighted by Crippen LogP contribution is -2.17. The first-order valence-corrected chi connectivity index (χ1v) is 5.87. The molecule has 1 aromatic carbocycles. The first-order chi connectivity index (χ1) is 8.81. The summed E-state index contributed by atoms with van der Waals surface area (Å²) >= 11 is 2.29. The maximum Gasteiger partial charge on any atom is 0.352 e. The van der Waals surface area contributed by atoms with Crippen LogP contribution in [-0.2, 0) is 9.53 Å². The van der Waals surface area contributed by atoms with E-state index < -0.39 is 45.2 Å².